The van der Waals surface area contributed by atoms with E-state index in [4.69, 9.17) is 0 Å². The molecule has 0 fully saturated rings. The van der Waals surface area contributed by atoms with E-state index in [9.17, 15) is 40.9 Å². The third-order valence-electron chi connectivity index (χ3n) is 15.6. The Morgan fingerprint density at radius 2 is 0.342 bits per heavy atom. The van der Waals surface area contributed by atoms with Crippen LogP contribution in [0.2, 0.25) is 0 Å². The van der Waals surface area contributed by atoms with Crippen molar-refractivity contribution in [2.75, 3.05) is 0 Å². The van der Waals surface area contributed by atoms with Gasteiger partial charge in [-0.15, -0.1) is 0 Å². The van der Waals surface area contributed by atoms with E-state index in [-0.39, 0.29) is 90.5 Å². The molecule has 1 aliphatic carbocycles. The first-order valence-electron chi connectivity index (χ1n) is 25.1. The maximum Gasteiger partial charge on any atom is 0.123 e. The van der Waals surface area contributed by atoms with E-state index in [1.807, 2.05) is 170 Å². The molecule has 368 valence electrons. The van der Waals surface area contributed by atoms with Crippen LogP contribution in [0.15, 0.2) is 218 Å². The lowest BCUT2D eigenvalue weighted by Gasteiger charge is -2.30. The topological polar surface area (TPSA) is 162 Å². The van der Waals surface area contributed by atoms with Crippen LogP contribution in [-0.4, -0.2) is 40.9 Å². The Morgan fingerprint density at radius 3 is 0.526 bits per heavy atom. The Morgan fingerprint density at radius 1 is 0.171 bits per heavy atom. The third-order valence-corrected chi connectivity index (χ3v) is 15.6. The molecule has 1 aliphatic rings. The highest BCUT2D eigenvalue weighted by atomic mass is 16.3. The maximum absolute atomic E-state index is 12.4. The summed E-state index contributed by atoms with van der Waals surface area (Å²) in [5.41, 5.74) is 4.95. The summed E-state index contributed by atoms with van der Waals surface area (Å²) in [6.45, 7) is 0. The Balaban J connectivity index is 1.19. The van der Waals surface area contributed by atoms with Gasteiger partial charge in [0.1, 0.15) is 46.0 Å². The fraction of sp³-hybridized carbons (Fsp3) is 0.0588. The molecule has 0 aromatic heterocycles. The van der Waals surface area contributed by atoms with Gasteiger partial charge < -0.3 is 40.9 Å². The first-order valence-corrected chi connectivity index (χ1v) is 25.1. The van der Waals surface area contributed by atoms with Gasteiger partial charge in [0, 0.05) is 92.4 Å². The van der Waals surface area contributed by atoms with Crippen LogP contribution in [0.1, 0.15) is 90.4 Å². The highest BCUT2D eigenvalue weighted by Crippen LogP contribution is 2.54. The average molecular weight is 993 g/mol. The van der Waals surface area contributed by atoms with E-state index in [1.54, 1.807) is 24.3 Å². The van der Waals surface area contributed by atoms with Crippen LogP contribution in [0.5, 0.6) is 46.0 Å². The normalized spacial score (nSPS) is 16.3. The van der Waals surface area contributed by atoms with Gasteiger partial charge in [-0.25, -0.2) is 0 Å². The van der Waals surface area contributed by atoms with Crippen LogP contribution in [-0.2, 0) is 0 Å². The molecule has 0 saturated carbocycles. The first kappa shape index (κ1) is 45.9. The first-order chi connectivity index (χ1) is 36.9. The highest BCUT2D eigenvalue weighted by molar-refractivity contribution is 5.87. The van der Waals surface area contributed by atoms with Gasteiger partial charge in [-0.05, 0) is 89.6 Å². The molecule has 12 aromatic carbocycles. The van der Waals surface area contributed by atoms with Crippen molar-refractivity contribution in [3.63, 3.8) is 0 Å². The van der Waals surface area contributed by atoms with Crippen molar-refractivity contribution in [2.45, 2.75) is 23.7 Å². The van der Waals surface area contributed by atoms with Crippen molar-refractivity contribution in [1.29, 1.82) is 0 Å². The number of phenols is 8. The number of fused-ring (bicyclic) bond motifs is 12. The molecule has 0 radical (unpaired) electrons. The van der Waals surface area contributed by atoms with E-state index in [0.29, 0.717) is 22.3 Å². The Bertz CT molecular complexity index is 3680. The summed E-state index contributed by atoms with van der Waals surface area (Å²) < 4.78 is 0. The SMILES string of the molecule is Oc1cc(O)c2cc1C(c1ccc3ccccc3c1)c1cc(c(O)cc1O)C(c1ccc3ccccc3c1)c1cc(c(O)cc1O)C(c1ccc3ccccc3c1)c1cc(c(O)cc1O)C2c1ccc2ccccc2c1. The second-order valence-corrected chi connectivity index (χ2v) is 20.0. The van der Waals surface area contributed by atoms with Crippen molar-refractivity contribution in [2.24, 2.45) is 0 Å². The van der Waals surface area contributed by atoms with Crippen molar-refractivity contribution in [1.82, 2.24) is 0 Å². The summed E-state index contributed by atoms with van der Waals surface area (Å²) in [7, 11) is 0. The van der Waals surface area contributed by atoms with Gasteiger partial charge in [-0.2, -0.15) is 0 Å². The van der Waals surface area contributed by atoms with Crippen molar-refractivity contribution in [3.8, 4) is 46.0 Å². The highest BCUT2D eigenvalue weighted by Gasteiger charge is 2.35. The van der Waals surface area contributed by atoms with Gasteiger partial charge in [0.05, 0.1) is 0 Å². The Kier molecular flexibility index (Phi) is 10.8. The van der Waals surface area contributed by atoms with Gasteiger partial charge in [0.25, 0.3) is 0 Å². The number of rotatable bonds is 4. The molecule has 0 aliphatic heterocycles. The number of aromatic hydroxyl groups is 8. The minimum absolute atomic E-state index is 0.286. The second kappa shape index (κ2) is 17.9. The molecule has 0 atom stereocenters. The summed E-state index contributed by atoms with van der Waals surface area (Å²) in [5, 5.41) is 106. The van der Waals surface area contributed by atoms with Crippen LogP contribution in [0.3, 0.4) is 0 Å². The van der Waals surface area contributed by atoms with Crippen molar-refractivity contribution >= 4 is 43.1 Å². The van der Waals surface area contributed by atoms with Crippen molar-refractivity contribution in [3.05, 3.63) is 285 Å². The van der Waals surface area contributed by atoms with Gasteiger partial charge in [0.15, 0.2) is 0 Å². The largest absolute Gasteiger partial charge is 0.507 e. The van der Waals surface area contributed by atoms with E-state index >= 15 is 0 Å². The second-order valence-electron chi connectivity index (χ2n) is 20.0. The van der Waals surface area contributed by atoms with Crippen LogP contribution >= 0.6 is 0 Å². The van der Waals surface area contributed by atoms with Crippen LogP contribution in [0.4, 0.5) is 0 Å². The average Bonchev–Trinajstić information content (AvgIpc) is 3.45. The zero-order valence-electron chi connectivity index (χ0n) is 40.7. The number of benzene rings is 12. The molecule has 8 nitrogen and oxygen atoms in total. The lowest BCUT2D eigenvalue weighted by Crippen LogP contribution is -2.13. The predicted molar refractivity (Wildman–Crippen MR) is 299 cm³/mol. The molecule has 76 heavy (non-hydrogen) atoms. The summed E-state index contributed by atoms with van der Waals surface area (Å²) in [6.07, 6.45) is 0. The quantitative estimate of drug-likeness (QED) is 0.0864. The molecule has 13 rings (SSSR count). The number of hydrogen-bond donors (Lipinski definition) is 8. The number of phenolic OH excluding ortho intramolecular Hbond substituents is 8. The minimum atomic E-state index is -0.976. The molecule has 12 aromatic rings. The smallest absolute Gasteiger partial charge is 0.123 e. The molecule has 8 N–H and O–H groups in total. The fourth-order valence-electron chi connectivity index (χ4n) is 12.0. The van der Waals surface area contributed by atoms with Crippen LogP contribution in [0, 0.1) is 0 Å². The van der Waals surface area contributed by atoms with E-state index in [1.165, 1.54) is 24.3 Å². The molecule has 0 spiro atoms. The molecule has 8 bridgehead atoms. The van der Waals surface area contributed by atoms with Crippen molar-refractivity contribution < 1.29 is 40.9 Å². The lowest BCUT2D eigenvalue weighted by molar-refractivity contribution is 0.431. The summed E-state index contributed by atoms with van der Waals surface area (Å²) >= 11 is 0. The van der Waals surface area contributed by atoms with Gasteiger partial charge >= 0.3 is 0 Å². The van der Waals surface area contributed by atoms with E-state index in [0.717, 1.165) is 43.1 Å². The predicted octanol–water partition coefficient (Wildman–Crippen LogP) is 15.0. The monoisotopic (exact) mass is 992 g/mol. The molecule has 0 heterocycles. The van der Waals surface area contributed by atoms with E-state index < -0.39 is 23.7 Å². The van der Waals surface area contributed by atoms with Gasteiger partial charge in [0.2, 0.25) is 0 Å². The van der Waals surface area contributed by atoms with Gasteiger partial charge in [-0.3, -0.25) is 0 Å². The zero-order valence-corrected chi connectivity index (χ0v) is 40.7. The minimum Gasteiger partial charge on any atom is -0.507 e. The standard InChI is InChI=1S/C68H48O8/c69-57-33-59(71)51-29-49(57)65(45-21-17-37-9-1-5-13-41(37)25-45)50-30-52(60(72)34-58(50)70)67(47-23-19-39-11-3-7-15-43(39)27-47)54-32-56(64(76)36-62(54)74)68(48-24-20-40-12-4-8-16-44(40)28-48)55-31-53(61(73)35-63(55)75)66(51)46-22-18-38-10-2-6-14-42(38)26-46/h1-36,65-76H. The Labute approximate surface area is 436 Å². The van der Waals surface area contributed by atoms with Crippen LogP contribution < -0.4 is 0 Å². The zero-order chi connectivity index (χ0) is 51.9. The molecular weight excluding hydrogens is 945 g/mol. The summed E-state index contributed by atoms with van der Waals surface area (Å²) in [4.78, 5) is 0. The van der Waals surface area contributed by atoms with Crippen LogP contribution in [0.25, 0.3) is 43.1 Å². The summed E-state index contributed by atoms with van der Waals surface area (Å²) in [5.74, 6) is -6.20. The molecule has 8 heteroatoms. The molecule has 0 saturated heterocycles. The lowest BCUT2D eigenvalue weighted by atomic mass is 9.74. The molecular formula is C68H48O8. The van der Waals surface area contributed by atoms with Gasteiger partial charge in [-0.1, -0.05) is 170 Å². The third kappa shape index (κ3) is 7.69. The number of hydrogen-bond acceptors (Lipinski definition) is 8. The molecule has 0 amide bonds. The van der Waals surface area contributed by atoms with E-state index in [2.05, 4.69) is 0 Å². The maximum atomic E-state index is 12.4. The fourth-order valence-corrected chi connectivity index (χ4v) is 12.0. The Hall–Kier alpha value is -9.92. The molecule has 0 unspecified atom stereocenters. The summed E-state index contributed by atoms with van der Waals surface area (Å²) in [6, 6.07) is 66.9.